The maximum atomic E-state index is 6.07. The molecule has 82 valence electrons. The Bertz CT molecular complexity index is 352. The van der Waals surface area contributed by atoms with Crippen molar-refractivity contribution in [2.75, 3.05) is 13.1 Å². The zero-order chi connectivity index (χ0) is 10.3. The molecule has 5 atom stereocenters. The molecule has 3 fully saturated rings. The van der Waals surface area contributed by atoms with Crippen LogP contribution in [0.15, 0.2) is 12.2 Å². The molecular weight excluding hydrogens is 190 g/mol. The molecule has 0 bridgehead atoms. The van der Waals surface area contributed by atoms with Crippen LogP contribution < -0.4 is 0 Å². The average Bonchev–Trinajstić information content (AvgIpc) is 2.68. The number of ether oxygens (including phenoxy) is 2. The maximum Gasteiger partial charge on any atom is 0.169 e. The Hall–Kier alpha value is -0.380. The molecule has 4 rings (SSSR count). The lowest BCUT2D eigenvalue weighted by Crippen LogP contribution is -2.45. The second-order valence-electron chi connectivity index (χ2n) is 5.87. The van der Waals surface area contributed by atoms with Gasteiger partial charge in [-0.2, -0.15) is 0 Å². The van der Waals surface area contributed by atoms with E-state index in [1.165, 1.54) is 24.0 Å². The highest BCUT2D eigenvalue weighted by molar-refractivity contribution is 5.11. The van der Waals surface area contributed by atoms with Crippen molar-refractivity contribution in [2.45, 2.75) is 50.3 Å². The molecule has 0 amide bonds. The summed E-state index contributed by atoms with van der Waals surface area (Å²) >= 11 is 0. The van der Waals surface area contributed by atoms with Crippen molar-refractivity contribution in [1.82, 2.24) is 0 Å². The molecule has 0 aromatic carbocycles. The molecule has 4 aliphatic heterocycles. The van der Waals surface area contributed by atoms with Crippen molar-refractivity contribution in [1.29, 1.82) is 0 Å². The molecule has 0 N–H and O–H groups in total. The minimum atomic E-state index is -0.352. The number of piperidine rings is 1. The number of rotatable bonds is 0. The Morgan fingerprint density at radius 2 is 1.87 bits per heavy atom. The Morgan fingerprint density at radius 1 is 1.13 bits per heavy atom. The molecule has 4 aliphatic rings. The Labute approximate surface area is 90.2 Å². The van der Waals surface area contributed by atoms with Crippen LogP contribution >= 0.6 is 0 Å². The molecule has 15 heavy (non-hydrogen) atoms. The van der Waals surface area contributed by atoms with Crippen LogP contribution in [-0.4, -0.2) is 47.7 Å². The molecular formula is C12H18NO2+. The van der Waals surface area contributed by atoms with E-state index in [4.69, 9.17) is 9.47 Å². The molecule has 0 aliphatic carbocycles. The number of hydrogen-bond acceptors (Lipinski definition) is 2. The van der Waals surface area contributed by atoms with E-state index >= 15 is 0 Å². The van der Waals surface area contributed by atoms with Gasteiger partial charge in [0.2, 0.25) is 0 Å². The fraction of sp³-hybridized carbons (Fsp3) is 0.833. The molecule has 1 spiro atoms. The van der Waals surface area contributed by atoms with Crippen molar-refractivity contribution < 1.29 is 14.0 Å². The number of fused-ring (bicyclic) bond motifs is 3. The van der Waals surface area contributed by atoms with Crippen LogP contribution in [0.2, 0.25) is 0 Å². The summed E-state index contributed by atoms with van der Waals surface area (Å²) in [6.07, 6.45) is 6.55. The summed E-state index contributed by atoms with van der Waals surface area (Å²) in [5.74, 6) is -0.352. The van der Waals surface area contributed by atoms with Gasteiger partial charge < -0.3 is 14.0 Å². The van der Waals surface area contributed by atoms with E-state index in [-0.39, 0.29) is 5.79 Å². The van der Waals surface area contributed by atoms with Crippen molar-refractivity contribution >= 4 is 0 Å². The van der Waals surface area contributed by atoms with Crippen LogP contribution in [0.4, 0.5) is 0 Å². The molecule has 3 nitrogen and oxygen atoms in total. The van der Waals surface area contributed by atoms with Gasteiger partial charge in [0, 0.05) is 6.42 Å². The molecule has 0 radical (unpaired) electrons. The number of quaternary nitrogens is 1. The third kappa shape index (κ3) is 0.924. The molecule has 3 heteroatoms. The summed E-state index contributed by atoms with van der Waals surface area (Å²) in [6, 6.07) is 1.40. The average molecular weight is 208 g/mol. The fourth-order valence-corrected chi connectivity index (χ4v) is 3.98. The molecule has 0 aromatic heterocycles. The third-order valence-electron chi connectivity index (χ3n) is 4.63. The summed E-state index contributed by atoms with van der Waals surface area (Å²) in [4.78, 5) is 0. The van der Waals surface area contributed by atoms with E-state index in [1.807, 2.05) is 13.8 Å². The second-order valence-corrected chi connectivity index (χ2v) is 5.87. The van der Waals surface area contributed by atoms with Crippen molar-refractivity contribution in [2.24, 2.45) is 0 Å². The molecule has 4 heterocycles. The predicted molar refractivity (Wildman–Crippen MR) is 55.2 cm³/mol. The fourth-order valence-electron chi connectivity index (χ4n) is 3.98. The molecule has 3 saturated heterocycles. The standard InChI is InChI=1S/C12H18NO2/c1-12(2)14-10-8-5-3-4-6-13(8)7-9(13)11(10)15-12/h3-4,8-11H,5-7H2,1-2H3/q+1/t8-,9-,10-,11+,13?/m0/s1. The zero-order valence-corrected chi connectivity index (χ0v) is 9.35. The van der Waals surface area contributed by atoms with Gasteiger partial charge in [0.15, 0.2) is 17.9 Å². The minimum absolute atomic E-state index is 0.351. The lowest BCUT2D eigenvalue weighted by Gasteiger charge is -2.30. The molecule has 1 unspecified atom stereocenters. The third-order valence-corrected chi connectivity index (χ3v) is 4.63. The highest BCUT2D eigenvalue weighted by atomic mass is 16.8. The summed E-state index contributed by atoms with van der Waals surface area (Å²) < 4.78 is 13.4. The Morgan fingerprint density at radius 3 is 2.67 bits per heavy atom. The van der Waals surface area contributed by atoms with Gasteiger partial charge in [-0.25, -0.2) is 0 Å². The number of nitrogens with zero attached hydrogens (tertiary/aromatic N) is 1. The molecule has 0 saturated carbocycles. The van der Waals surface area contributed by atoms with Gasteiger partial charge in [0.05, 0.1) is 6.54 Å². The van der Waals surface area contributed by atoms with Crippen LogP contribution in [-0.2, 0) is 9.47 Å². The van der Waals surface area contributed by atoms with E-state index in [9.17, 15) is 0 Å². The SMILES string of the molecule is CC1(C)O[C@@H]2[C@H](O1)[C@@H]1C[N+]13CC=CC[C@@H]23. The van der Waals surface area contributed by atoms with Gasteiger partial charge >= 0.3 is 0 Å². The van der Waals surface area contributed by atoms with E-state index in [1.54, 1.807) is 0 Å². The van der Waals surface area contributed by atoms with E-state index in [2.05, 4.69) is 12.2 Å². The smallest absolute Gasteiger partial charge is 0.169 e. The highest BCUT2D eigenvalue weighted by Crippen LogP contribution is 2.55. The Kier molecular flexibility index (Phi) is 1.35. The van der Waals surface area contributed by atoms with E-state index < -0.39 is 0 Å². The first kappa shape index (κ1) is 8.74. The van der Waals surface area contributed by atoms with E-state index in [0.29, 0.717) is 18.2 Å². The van der Waals surface area contributed by atoms with E-state index in [0.717, 1.165) is 6.04 Å². The van der Waals surface area contributed by atoms with Crippen molar-refractivity contribution in [3.8, 4) is 0 Å². The lowest BCUT2D eigenvalue weighted by atomic mass is 10.0. The predicted octanol–water partition coefficient (Wildman–Crippen LogP) is 1.05. The van der Waals surface area contributed by atoms with Gasteiger partial charge in [-0.3, -0.25) is 0 Å². The van der Waals surface area contributed by atoms with Crippen LogP contribution in [0.25, 0.3) is 0 Å². The van der Waals surface area contributed by atoms with Crippen LogP contribution in [0.1, 0.15) is 20.3 Å². The first-order valence-electron chi connectivity index (χ1n) is 5.99. The van der Waals surface area contributed by atoms with Gasteiger partial charge in [-0.05, 0) is 19.9 Å². The summed E-state index contributed by atoms with van der Waals surface area (Å²) in [5, 5.41) is 0. The lowest BCUT2D eigenvalue weighted by molar-refractivity contribution is -0.829. The normalized spacial score (nSPS) is 58.5. The number of hydrogen-bond donors (Lipinski definition) is 0. The molecule has 0 aromatic rings. The zero-order valence-electron chi connectivity index (χ0n) is 9.35. The first-order valence-corrected chi connectivity index (χ1v) is 5.99. The topological polar surface area (TPSA) is 18.5 Å². The van der Waals surface area contributed by atoms with Gasteiger partial charge in [0.25, 0.3) is 0 Å². The first-order chi connectivity index (χ1) is 7.12. The highest BCUT2D eigenvalue weighted by Gasteiger charge is 2.76. The Balaban J connectivity index is 1.70. The van der Waals surface area contributed by atoms with Crippen molar-refractivity contribution in [3.63, 3.8) is 0 Å². The maximum absolute atomic E-state index is 6.07. The largest absolute Gasteiger partial charge is 0.338 e. The quantitative estimate of drug-likeness (QED) is 0.336. The monoisotopic (exact) mass is 208 g/mol. The summed E-state index contributed by atoms with van der Waals surface area (Å²) in [6.45, 7) is 6.60. The minimum Gasteiger partial charge on any atom is -0.338 e. The van der Waals surface area contributed by atoms with Gasteiger partial charge in [-0.15, -0.1) is 0 Å². The second kappa shape index (κ2) is 2.31. The van der Waals surface area contributed by atoms with Crippen molar-refractivity contribution in [3.05, 3.63) is 12.2 Å². The summed E-state index contributed by atoms with van der Waals surface area (Å²) in [7, 11) is 0. The van der Waals surface area contributed by atoms with Gasteiger partial charge in [0.1, 0.15) is 18.7 Å². The van der Waals surface area contributed by atoms with Crippen LogP contribution in [0.5, 0.6) is 0 Å². The summed E-state index contributed by atoms with van der Waals surface area (Å²) in [5.41, 5.74) is 0. The van der Waals surface area contributed by atoms with Crippen LogP contribution in [0.3, 0.4) is 0 Å². The van der Waals surface area contributed by atoms with Gasteiger partial charge in [-0.1, -0.05) is 6.08 Å². The van der Waals surface area contributed by atoms with Crippen LogP contribution in [0, 0.1) is 0 Å².